The zero-order valence-electron chi connectivity index (χ0n) is 12.3. The lowest BCUT2D eigenvalue weighted by molar-refractivity contribution is 0.403. The molecule has 0 saturated heterocycles. The van der Waals surface area contributed by atoms with Gasteiger partial charge in [-0.3, -0.25) is 4.79 Å². The number of ether oxygens (including phenoxy) is 1. The van der Waals surface area contributed by atoms with E-state index in [2.05, 4.69) is 16.1 Å². The van der Waals surface area contributed by atoms with E-state index in [1.54, 1.807) is 30.4 Å². The van der Waals surface area contributed by atoms with Gasteiger partial charge in [0.15, 0.2) is 9.84 Å². The topological polar surface area (TPSA) is 89.1 Å². The lowest BCUT2D eigenvalue weighted by Crippen LogP contribution is -2.07. The standard InChI is InChI=1S/C16H14N2O4S/c1-3-10-23(20,21)15-11-12(5-8-14(15)22-2)4-6-13-7-9-16(19)18-17-13/h1,4-9,11H,10H2,2H3,(H,18,19). The van der Waals surface area contributed by atoms with Crippen LogP contribution in [-0.4, -0.2) is 31.5 Å². The van der Waals surface area contributed by atoms with E-state index >= 15 is 0 Å². The number of nitrogens with zero attached hydrogens (tertiary/aromatic N) is 1. The van der Waals surface area contributed by atoms with Crippen molar-refractivity contribution in [1.82, 2.24) is 10.2 Å². The van der Waals surface area contributed by atoms with Gasteiger partial charge in [0, 0.05) is 6.07 Å². The number of aromatic nitrogens is 2. The van der Waals surface area contributed by atoms with Crippen molar-refractivity contribution < 1.29 is 13.2 Å². The fourth-order valence-electron chi connectivity index (χ4n) is 1.86. The molecule has 1 N–H and O–H groups in total. The second kappa shape index (κ2) is 6.94. The third-order valence-corrected chi connectivity index (χ3v) is 4.48. The van der Waals surface area contributed by atoms with Crippen molar-refractivity contribution in [3.63, 3.8) is 0 Å². The molecule has 0 atom stereocenters. The molecule has 0 unspecified atom stereocenters. The molecule has 0 fully saturated rings. The number of aromatic amines is 1. The lowest BCUT2D eigenvalue weighted by Gasteiger charge is -2.08. The van der Waals surface area contributed by atoms with Crippen LogP contribution in [0.2, 0.25) is 0 Å². The van der Waals surface area contributed by atoms with E-state index in [-0.39, 0.29) is 16.2 Å². The Labute approximate surface area is 133 Å². The number of benzene rings is 1. The van der Waals surface area contributed by atoms with Gasteiger partial charge in [-0.2, -0.15) is 5.10 Å². The highest BCUT2D eigenvalue weighted by Gasteiger charge is 2.18. The average Bonchev–Trinajstić information content (AvgIpc) is 2.54. The number of methoxy groups -OCH3 is 1. The SMILES string of the molecule is C#CCS(=O)(=O)c1cc(C=Cc2ccc(=O)[nH]n2)ccc1OC. The Balaban J connectivity index is 2.40. The molecule has 118 valence electrons. The van der Waals surface area contributed by atoms with E-state index in [9.17, 15) is 13.2 Å². The number of terminal acetylenes is 1. The van der Waals surface area contributed by atoms with Crippen LogP contribution < -0.4 is 10.3 Å². The molecule has 23 heavy (non-hydrogen) atoms. The van der Waals surface area contributed by atoms with Crippen molar-refractivity contribution in [2.45, 2.75) is 4.90 Å². The number of hydrogen-bond donors (Lipinski definition) is 1. The van der Waals surface area contributed by atoms with Crippen molar-refractivity contribution in [2.75, 3.05) is 12.9 Å². The van der Waals surface area contributed by atoms with Crippen LogP contribution in [0.3, 0.4) is 0 Å². The summed E-state index contributed by atoms with van der Waals surface area (Å²) in [5.74, 6) is 1.97. The van der Waals surface area contributed by atoms with Gasteiger partial charge in [-0.25, -0.2) is 13.5 Å². The fourth-order valence-corrected chi connectivity index (χ4v) is 3.01. The Morgan fingerprint density at radius 3 is 2.70 bits per heavy atom. The second-order valence-corrected chi connectivity index (χ2v) is 6.51. The van der Waals surface area contributed by atoms with Crippen LogP contribution in [-0.2, 0) is 9.84 Å². The Morgan fingerprint density at radius 1 is 1.30 bits per heavy atom. The van der Waals surface area contributed by atoms with Gasteiger partial charge in [-0.15, -0.1) is 6.42 Å². The summed E-state index contributed by atoms with van der Waals surface area (Å²) >= 11 is 0. The summed E-state index contributed by atoms with van der Waals surface area (Å²) in [6.07, 6.45) is 8.43. The molecule has 6 nitrogen and oxygen atoms in total. The van der Waals surface area contributed by atoms with Gasteiger partial charge in [0.25, 0.3) is 5.56 Å². The van der Waals surface area contributed by atoms with Gasteiger partial charge < -0.3 is 4.74 Å². The first kappa shape index (κ1) is 16.5. The zero-order chi connectivity index (χ0) is 16.9. The molecule has 0 amide bonds. The van der Waals surface area contributed by atoms with Gasteiger partial charge in [0.1, 0.15) is 16.4 Å². The molecule has 0 aliphatic rings. The molecular formula is C16H14N2O4S. The van der Waals surface area contributed by atoms with Crippen LogP contribution in [0.4, 0.5) is 0 Å². The van der Waals surface area contributed by atoms with E-state index in [0.717, 1.165) is 0 Å². The molecule has 2 rings (SSSR count). The summed E-state index contributed by atoms with van der Waals surface area (Å²) in [4.78, 5) is 11.0. The van der Waals surface area contributed by atoms with Gasteiger partial charge in [0.2, 0.25) is 0 Å². The largest absolute Gasteiger partial charge is 0.495 e. The summed E-state index contributed by atoms with van der Waals surface area (Å²) in [6, 6.07) is 7.64. The van der Waals surface area contributed by atoms with Crippen LogP contribution in [0.15, 0.2) is 40.0 Å². The van der Waals surface area contributed by atoms with Crippen LogP contribution in [0.5, 0.6) is 5.75 Å². The average molecular weight is 330 g/mol. The van der Waals surface area contributed by atoms with Crippen molar-refractivity contribution >= 4 is 22.0 Å². The third kappa shape index (κ3) is 4.08. The first-order valence-corrected chi connectivity index (χ1v) is 8.19. The summed E-state index contributed by atoms with van der Waals surface area (Å²) in [5.41, 5.74) is 0.872. The van der Waals surface area contributed by atoms with Gasteiger partial charge >= 0.3 is 0 Å². The normalized spacial score (nSPS) is 11.3. The summed E-state index contributed by atoms with van der Waals surface area (Å²) < 4.78 is 29.4. The molecule has 0 bridgehead atoms. The molecule has 0 saturated carbocycles. The Kier molecular flexibility index (Phi) is 4.98. The highest BCUT2D eigenvalue weighted by molar-refractivity contribution is 7.91. The molecule has 2 aromatic rings. The van der Waals surface area contributed by atoms with Crippen molar-refractivity contribution in [1.29, 1.82) is 0 Å². The second-order valence-electron chi connectivity index (χ2n) is 4.55. The Bertz CT molecular complexity index is 917. The van der Waals surface area contributed by atoms with Crippen molar-refractivity contribution in [3.8, 4) is 18.1 Å². The maximum atomic E-state index is 12.2. The maximum absolute atomic E-state index is 12.2. The molecule has 1 aromatic carbocycles. The molecular weight excluding hydrogens is 316 g/mol. The third-order valence-electron chi connectivity index (χ3n) is 2.94. The van der Waals surface area contributed by atoms with Gasteiger partial charge in [-0.05, 0) is 29.8 Å². The predicted octanol–water partition coefficient (Wildman–Crippen LogP) is 1.36. The molecule has 7 heteroatoms. The van der Waals surface area contributed by atoms with Crippen molar-refractivity contribution in [2.24, 2.45) is 0 Å². The number of sulfone groups is 1. The molecule has 0 aliphatic heterocycles. The fraction of sp³-hybridized carbons (Fsp3) is 0.125. The van der Waals surface area contributed by atoms with Crippen LogP contribution in [0, 0.1) is 12.3 Å². The minimum Gasteiger partial charge on any atom is -0.495 e. The van der Waals surface area contributed by atoms with Crippen LogP contribution in [0.25, 0.3) is 12.2 Å². The van der Waals surface area contributed by atoms with E-state index in [1.165, 1.54) is 19.2 Å². The van der Waals surface area contributed by atoms with Gasteiger partial charge in [0.05, 0.1) is 12.8 Å². The minimum absolute atomic E-state index is 0.0366. The Hall–Kier alpha value is -2.85. The summed E-state index contributed by atoms with van der Waals surface area (Å²) in [5, 5.41) is 6.15. The molecule has 0 spiro atoms. The van der Waals surface area contributed by atoms with Crippen LogP contribution in [0.1, 0.15) is 11.3 Å². The smallest absolute Gasteiger partial charge is 0.264 e. The molecule has 0 aliphatic carbocycles. The lowest BCUT2D eigenvalue weighted by atomic mass is 10.2. The number of nitrogens with one attached hydrogen (secondary N) is 1. The van der Waals surface area contributed by atoms with Crippen molar-refractivity contribution in [3.05, 3.63) is 51.9 Å². The minimum atomic E-state index is -3.62. The van der Waals surface area contributed by atoms with E-state index in [4.69, 9.17) is 11.2 Å². The number of H-pyrrole nitrogens is 1. The number of rotatable bonds is 5. The quantitative estimate of drug-likeness (QED) is 0.836. The molecule has 1 heterocycles. The predicted molar refractivity (Wildman–Crippen MR) is 87.7 cm³/mol. The number of hydrogen-bond acceptors (Lipinski definition) is 5. The summed E-state index contributed by atoms with van der Waals surface area (Å²) in [6.45, 7) is 0. The van der Waals surface area contributed by atoms with E-state index < -0.39 is 15.6 Å². The maximum Gasteiger partial charge on any atom is 0.264 e. The van der Waals surface area contributed by atoms with Crippen LogP contribution >= 0.6 is 0 Å². The first-order chi connectivity index (χ1) is 11.0. The molecule has 1 aromatic heterocycles. The highest BCUT2D eigenvalue weighted by atomic mass is 32.2. The molecule has 0 radical (unpaired) electrons. The van der Waals surface area contributed by atoms with Gasteiger partial charge in [-0.1, -0.05) is 18.1 Å². The first-order valence-electron chi connectivity index (χ1n) is 6.54. The Morgan fingerprint density at radius 2 is 2.09 bits per heavy atom. The highest BCUT2D eigenvalue weighted by Crippen LogP contribution is 2.26. The van der Waals surface area contributed by atoms with E-state index in [1.807, 2.05) is 0 Å². The summed E-state index contributed by atoms with van der Waals surface area (Å²) in [7, 11) is -2.23. The monoisotopic (exact) mass is 330 g/mol. The van der Waals surface area contributed by atoms with E-state index in [0.29, 0.717) is 11.3 Å². The zero-order valence-corrected chi connectivity index (χ0v) is 13.1.